The van der Waals surface area contributed by atoms with Gasteiger partial charge in [0.1, 0.15) is 13.2 Å². The normalized spacial score (nSPS) is 13.2. The molecule has 0 atom stereocenters. The molecule has 3 aromatic rings. The minimum atomic E-state index is -0.292. The molecule has 7 heteroatoms. The fraction of sp³-hybridized carbons (Fsp3) is 0.318. The number of carbonyl (C=O) groups is 1. The molecule has 0 spiro atoms. The zero-order chi connectivity index (χ0) is 20.4. The van der Waals surface area contributed by atoms with E-state index in [0.29, 0.717) is 36.8 Å². The Morgan fingerprint density at radius 3 is 2.45 bits per heavy atom. The molecule has 1 aromatic heterocycles. The number of aromatic nitrogens is 2. The fourth-order valence-corrected chi connectivity index (χ4v) is 3.04. The second kappa shape index (κ2) is 7.58. The largest absolute Gasteiger partial charge is 0.486 e. The van der Waals surface area contributed by atoms with Crippen molar-refractivity contribution < 1.29 is 18.7 Å². The van der Waals surface area contributed by atoms with E-state index in [2.05, 4.69) is 36.3 Å². The van der Waals surface area contributed by atoms with E-state index in [9.17, 15) is 4.79 Å². The lowest BCUT2D eigenvalue weighted by molar-refractivity contribution is 0.102. The number of hydrogen-bond donors (Lipinski definition) is 1. The molecule has 0 unspecified atom stereocenters. The molecule has 29 heavy (non-hydrogen) atoms. The molecule has 4 rings (SSSR count). The predicted molar refractivity (Wildman–Crippen MR) is 108 cm³/mol. The van der Waals surface area contributed by atoms with Crippen LogP contribution in [0.2, 0.25) is 0 Å². The number of amides is 1. The van der Waals surface area contributed by atoms with E-state index in [1.165, 1.54) is 0 Å². The minimum Gasteiger partial charge on any atom is -0.486 e. The lowest BCUT2D eigenvalue weighted by Crippen LogP contribution is -2.15. The van der Waals surface area contributed by atoms with Gasteiger partial charge in [-0.05, 0) is 40.8 Å². The van der Waals surface area contributed by atoms with Gasteiger partial charge in [0.2, 0.25) is 5.89 Å². The first-order chi connectivity index (χ1) is 13.9. The molecular formula is C22H23N3O4. The van der Waals surface area contributed by atoms with Gasteiger partial charge in [-0.15, -0.1) is 5.10 Å². The number of ether oxygens (including phenoxy) is 2. The van der Waals surface area contributed by atoms with Gasteiger partial charge in [0, 0.05) is 5.56 Å². The third-order valence-corrected chi connectivity index (χ3v) is 4.66. The van der Waals surface area contributed by atoms with Crippen molar-refractivity contribution in [2.24, 2.45) is 0 Å². The standard InChI is InChI=1S/C22H23N3O4/c1-22(2,3)16-7-5-15(6-8-16)20(26)23-21-25-24-19(29-21)13-14-4-9-17-18(12-14)28-11-10-27-17/h4-9,12H,10-11,13H2,1-3H3,(H,23,25,26). The highest BCUT2D eigenvalue weighted by Gasteiger charge is 2.17. The Labute approximate surface area is 169 Å². The second-order valence-electron chi connectivity index (χ2n) is 7.94. The SMILES string of the molecule is CC(C)(C)c1ccc(C(=O)Nc2nnc(Cc3ccc4c(c3)OCCO4)o2)cc1. The lowest BCUT2D eigenvalue weighted by atomic mass is 9.87. The van der Waals surface area contributed by atoms with Crippen molar-refractivity contribution >= 4 is 11.9 Å². The Morgan fingerprint density at radius 2 is 1.72 bits per heavy atom. The average Bonchev–Trinajstić information content (AvgIpc) is 3.14. The third-order valence-electron chi connectivity index (χ3n) is 4.66. The Bertz CT molecular complexity index is 1020. The van der Waals surface area contributed by atoms with E-state index < -0.39 is 0 Å². The van der Waals surface area contributed by atoms with Crippen LogP contribution in [0.15, 0.2) is 46.9 Å². The summed E-state index contributed by atoms with van der Waals surface area (Å²) < 4.78 is 16.7. The van der Waals surface area contributed by atoms with Crippen molar-refractivity contribution in [1.29, 1.82) is 0 Å². The molecule has 1 aliphatic heterocycles. The monoisotopic (exact) mass is 393 g/mol. The molecule has 0 bridgehead atoms. The van der Waals surface area contributed by atoms with Crippen molar-refractivity contribution in [3.05, 3.63) is 65.0 Å². The van der Waals surface area contributed by atoms with Crippen LogP contribution >= 0.6 is 0 Å². The molecule has 0 radical (unpaired) electrons. The van der Waals surface area contributed by atoms with E-state index in [-0.39, 0.29) is 17.3 Å². The maximum Gasteiger partial charge on any atom is 0.322 e. The van der Waals surface area contributed by atoms with Crippen LogP contribution in [0.4, 0.5) is 6.01 Å². The summed E-state index contributed by atoms with van der Waals surface area (Å²) >= 11 is 0. The Balaban J connectivity index is 1.41. The van der Waals surface area contributed by atoms with Crippen LogP contribution in [0.5, 0.6) is 11.5 Å². The highest BCUT2D eigenvalue weighted by Crippen LogP contribution is 2.31. The first-order valence-electron chi connectivity index (χ1n) is 9.51. The van der Waals surface area contributed by atoms with E-state index in [1.807, 2.05) is 30.3 Å². The number of nitrogens with one attached hydrogen (secondary N) is 1. The number of carbonyl (C=O) groups excluding carboxylic acids is 1. The van der Waals surface area contributed by atoms with Gasteiger partial charge in [-0.3, -0.25) is 10.1 Å². The smallest absolute Gasteiger partial charge is 0.322 e. The molecular weight excluding hydrogens is 370 g/mol. The summed E-state index contributed by atoms with van der Waals surface area (Å²) in [7, 11) is 0. The van der Waals surface area contributed by atoms with Gasteiger partial charge >= 0.3 is 6.01 Å². The van der Waals surface area contributed by atoms with Gasteiger partial charge in [-0.25, -0.2) is 0 Å². The van der Waals surface area contributed by atoms with E-state index in [1.54, 1.807) is 12.1 Å². The summed E-state index contributed by atoms with van der Waals surface area (Å²) in [5.41, 5.74) is 2.68. The maximum atomic E-state index is 12.4. The predicted octanol–water partition coefficient (Wildman–Crippen LogP) is 3.98. The van der Waals surface area contributed by atoms with Gasteiger partial charge in [0.05, 0.1) is 6.42 Å². The fourth-order valence-electron chi connectivity index (χ4n) is 3.04. The first kappa shape index (κ1) is 19.0. The summed E-state index contributed by atoms with van der Waals surface area (Å²) in [6, 6.07) is 13.3. The highest BCUT2D eigenvalue weighted by molar-refractivity contribution is 6.03. The van der Waals surface area contributed by atoms with Gasteiger partial charge in [0.15, 0.2) is 11.5 Å². The summed E-state index contributed by atoms with van der Waals surface area (Å²) in [5.74, 6) is 1.55. The molecule has 150 valence electrons. The summed E-state index contributed by atoms with van der Waals surface area (Å²) in [5, 5.41) is 10.6. The van der Waals surface area contributed by atoms with Crippen LogP contribution in [0, 0.1) is 0 Å². The first-order valence-corrected chi connectivity index (χ1v) is 9.51. The van der Waals surface area contributed by atoms with Crippen LogP contribution < -0.4 is 14.8 Å². The van der Waals surface area contributed by atoms with Gasteiger partial charge in [-0.1, -0.05) is 44.1 Å². The van der Waals surface area contributed by atoms with Crippen molar-refractivity contribution in [3.8, 4) is 11.5 Å². The van der Waals surface area contributed by atoms with Crippen LogP contribution in [0.1, 0.15) is 48.1 Å². The molecule has 1 aliphatic rings. The number of nitrogens with zero attached hydrogens (tertiary/aromatic N) is 2. The van der Waals surface area contributed by atoms with Gasteiger partial charge < -0.3 is 13.9 Å². The number of hydrogen-bond acceptors (Lipinski definition) is 6. The molecule has 2 aromatic carbocycles. The highest BCUT2D eigenvalue weighted by atomic mass is 16.6. The van der Waals surface area contributed by atoms with E-state index in [0.717, 1.165) is 16.9 Å². The maximum absolute atomic E-state index is 12.4. The second-order valence-corrected chi connectivity index (χ2v) is 7.94. The van der Waals surface area contributed by atoms with Crippen LogP contribution in [0.3, 0.4) is 0 Å². The molecule has 2 heterocycles. The number of benzene rings is 2. The topological polar surface area (TPSA) is 86.5 Å². The third kappa shape index (κ3) is 4.39. The summed E-state index contributed by atoms with van der Waals surface area (Å²) in [4.78, 5) is 12.4. The van der Waals surface area contributed by atoms with Gasteiger partial charge in [0.25, 0.3) is 5.91 Å². The molecule has 7 nitrogen and oxygen atoms in total. The van der Waals surface area contributed by atoms with Crippen LogP contribution in [-0.2, 0) is 11.8 Å². The van der Waals surface area contributed by atoms with Crippen molar-refractivity contribution in [3.63, 3.8) is 0 Å². The molecule has 1 amide bonds. The van der Waals surface area contributed by atoms with Crippen molar-refractivity contribution in [2.45, 2.75) is 32.6 Å². The van der Waals surface area contributed by atoms with Crippen LogP contribution in [0.25, 0.3) is 0 Å². The summed E-state index contributed by atoms with van der Waals surface area (Å²) in [6.45, 7) is 7.47. The van der Waals surface area contributed by atoms with E-state index in [4.69, 9.17) is 13.9 Å². The number of fused-ring (bicyclic) bond motifs is 1. The number of rotatable bonds is 4. The average molecular weight is 393 g/mol. The Hall–Kier alpha value is -3.35. The molecule has 0 saturated carbocycles. The van der Waals surface area contributed by atoms with Crippen molar-refractivity contribution in [2.75, 3.05) is 18.5 Å². The number of anilines is 1. The molecule has 0 aliphatic carbocycles. The van der Waals surface area contributed by atoms with Crippen molar-refractivity contribution in [1.82, 2.24) is 10.2 Å². The summed E-state index contributed by atoms with van der Waals surface area (Å²) in [6.07, 6.45) is 0.430. The quantitative estimate of drug-likeness (QED) is 0.721. The lowest BCUT2D eigenvalue weighted by Gasteiger charge is -2.18. The Kier molecular flexibility index (Phi) is 4.96. The minimum absolute atomic E-state index is 0.0320. The Morgan fingerprint density at radius 1 is 1.00 bits per heavy atom. The molecule has 0 fully saturated rings. The molecule has 0 saturated heterocycles. The van der Waals surface area contributed by atoms with Crippen LogP contribution in [-0.4, -0.2) is 29.3 Å². The zero-order valence-corrected chi connectivity index (χ0v) is 16.7. The van der Waals surface area contributed by atoms with E-state index >= 15 is 0 Å². The zero-order valence-electron chi connectivity index (χ0n) is 16.7. The molecule has 1 N–H and O–H groups in total. The van der Waals surface area contributed by atoms with Gasteiger partial charge in [-0.2, -0.15) is 0 Å².